The SMILES string of the molecule is COc1cc(OCC(O)C[NH+]2CCN(c3ccccc3OC(=O)c3ccccc3)CC2)cc(OC)c1OC.[Cl-]. The van der Waals surface area contributed by atoms with Crippen molar-refractivity contribution in [3.05, 3.63) is 72.3 Å². The third-order valence-electron chi connectivity index (χ3n) is 6.49. The summed E-state index contributed by atoms with van der Waals surface area (Å²) in [5.41, 5.74) is 1.40. The van der Waals surface area contributed by atoms with Gasteiger partial charge in [0.1, 0.15) is 25.0 Å². The molecule has 1 saturated heterocycles. The maximum atomic E-state index is 12.6. The average molecular weight is 559 g/mol. The Kier molecular flexibility index (Phi) is 11.1. The van der Waals surface area contributed by atoms with Crippen LogP contribution in [0, 0.1) is 0 Å². The number of methoxy groups -OCH3 is 3. The van der Waals surface area contributed by atoms with E-state index in [9.17, 15) is 9.90 Å². The molecule has 3 aromatic carbocycles. The monoisotopic (exact) mass is 558 g/mol. The van der Waals surface area contributed by atoms with Crippen LogP contribution in [-0.2, 0) is 0 Å². The van der Waals surface area contributed by atoms with Crippen LogP contribution in [0.15, 0.2) is 66.7 Å². The van der Waals surface area contributed by atoms with Crippen LogP contribution < -0.4 is 45.9 Å². The van der Waals surface area contributed by atoms with E-state index in [-0.39, 0.29) is 25.0 Å². The second kappa shape index (κ2) is 14.5. The van der Waals surface area contributed by atoms with Gasteiger partial charge < -0.3 is 51.0 Å². The molecule has 0 aromatic heterocycles. The average Bonchev–Trinajstić information content (AvgIpc) is 2.96. The molecular formula is C29H35ClN2O7. The molecule has 0 radical (unpaired) electrons. The van der Waals surface area contributed by atoms with Gasteiger partial charge in [-0.1, -0.05) is 30.3 Å². The van der Waals surface area contributed by atoms with Crippen molar-refractivity contribution in [2.45, 2.75) is 6.10 Å². The van der Waals surface area contributed by atoms with E-state index < -0.39 is 6.10 Å². The predicted molar refractivity (Wildman–Crippen MR) is 143 cm³/mol. The van der Waals surface area contributed by atoms with Gasteiger partial charge in [-0.05, 0) is 24.3 Å². The summed E-state index contributed by atoms with van der Waals surface area (Å²) >= 11 is 0. The third kappa shape index (κ3) is 7.69. The number of aliphatic hydroxyl groups excluding tert-OH is 1. The Hall–Kier alpha value is -3.66. The molecule has 210 valence electrons. The van der Waals surface area contributed by atoms with Crippen molar-refractivity contribution < 1.29 is 50.9 Å². The highest BCUT2D eigenvalue weighted by atomic mass is 35.5. The maximum Gasteiger partial charge on any atom is 0.343 e. The van der Waals surface area contributed by atoms with Crippen molar-refractivity contribution in [2.75, 3.05) is 65.6 Å². The van der Waals surface area contributed by atoms with Crippen molar-refractivity contribution >= 4 is 11.7 Å². The molecule has 3 aromatic rings. The van der Waals surface area contributed by atoms with Gasteiger partial charge >= 0.3 is 5.97 Å². The van der Waals surface area contributed by atoms with Gasteiger partial charge in [0, 0.05) is 12.1 Å². The second-order valence-corrected chi connectivity index (χ2v) is 8.99. The molecule has 10 heteroatoms. The van der Waals surface area contributed by atoms with Crippen molar-refractivity contribution in [1.82, 2.24) is 0 Å². The summed E-state index contributed by atoms with van der Waals surface area (Å²) < 4.78 is 27.6. The van der Waals surface area contributed by atoms with Crippen LogP contribution in [0.2, 0.25) is 0 Å². The van der Waals surface area contributed by atoms with Gasteiger partial charge in [0.15, 0.2) is 17.2 Å². The number of quaternary nitrogens is 1. The number of esters is 1. The molecule has 0 aliphatic carbocycles. The summed E-state index contributed by atoms with van der Waals surface area (Å²) in [6.07, 6.45) is -0.644. The lowest BCUT2D eigenvalue weighted by Crippen LogP contribution is -3.16. The summed E-state index contributed by atoms with van der Waals surface area (Å²) in [6.45, 7) is 3.92. The molecule has 1 fully saturated rings. The maximum absolute atomic E-state index is 12.6. The van der Waals surface area contributed by atoms with Gasteiger partial charge in [-0.15, -0.1) is 0 Å². The summed E-state index contributed by atoms with van der Waals surface area (Å²) in [6, 6.07) is 20.0. The molecule has 1 aliphatic rings. The van der Waals surface area contributed by atoms with Crippen molar-refractivity contribution in [3.63, 3.8) is 0 Å². The first-order valence-corrected chi connectivity index (χ1v) is 12.6. The standard InChI is InChI=1S/C29H34N2O7.ClH/c1-34-26-17-23(18-27(35-2)28(26)36-3)37-20-22(32)19-30-13-15-31(16-14-30)24-11-7-8-12-25(24)38-29(33)21-9-5-4-6-10-21;/h4-12,17-18,22,32H,13-16,19-20H2,1-3H3;1H. The fourth-order valence-corrected chi connectivity index (χ4v) is 4.53. The molecule has 2 N–H and O–H groups in total. The van der Waals surface area contributed by atoms with Gasteiger partial charge in [0.05, 0.1) is 58.8 Å². The molecule has 1 unspecified atom stereocenters. The van der Waals surface area contributed by atoms with Crippen LogP contribution >= 0.6 is 0 Å². The number of carbonyl (C=O) groups excluding carboxylic acids is 1. The summed E-state index contributed by atoms with van der Waals surface area (Å²) in [5, 5.41) is 10.6. The number of rotatable bonds is 11. The minimum atomic E-state index is -0.644. The van der Waals surface area contributed by atoms with Crippen LogP contribution in [0.25, 0.3) is 0 Å². The number of benzene rings is 3. The molecule has 0 bridgehead atoms. The number of para-hydroxylation sites is 2. The van der Waals surface area contributed by atoms with Gasteiger partial charge in [-0.3, -0.25) is 0 Å². The van der Waals surface area contributed by atoms with E-state index in [2.05, 4.69) is 4.90 Å². The summed E-state index contributed by atoms with van der Waals surface area (Å²) in [5.74, 6) is 2.17. The van der Waals surface area contributed by atoms with Gasteiger partial charge in [0.25, 0.3) is 0 Å². The van der Waals surface area contributed by atoms with E-state index in [1.165, 1.54) is 4.90 Å². The topological polar surface area (TPSA) is 91.1 Å². The number of hydrogen-bond donors (Lipinski definition) is 2. The zero-order valence-electron chi connectivity index (χ0n) is 22.4. The van der Waals surface area contributed by atoms with Gasteiger partial charge in [-0.25, -0.2) is 4.79 Å². The smallest absolute Gasteiger partial charge is 0.343 e. The first-order chi connectivity index (χ1) is 18.5. The van der Waals surface area contributed by atoms with Crippen LogP contribution in [-0.4, -0.2) is 77.8 Å². The largest absolute Gasteiger partial charge is 1.00 e. The lowest BCUT2D eigenvalue weighted by molar-refractivity contribution is -0.903. The fraction of sp³-hybridized carbons (Fsp3) is 0.345. The number of ether oxygens (including phenoxy) is 5. The molecule has 1 heterocycles. The zero-order chi connectivity index (χ0) is 26.9. The number of nitrogens with one attached hydrogen (secondary N) is 1. The Morgan fingerprint density at radius 1 is 0.897 bits per heavy atom. The van der Waals surface area contributed by atoms with Crippen molar-refractivity contribution in [2.24, 2.45) is 0 Å². The van der Waals surface area contributed by atoms with E-state index in [4.69, 9.17) is 23.7 Å². The van der Waals surface area contributed by atoms with Crippen LogP contribution in [0.4, 0.5) is 5.69 Å². The lowest BCUT2D eigenvalue weighted by atomic mass is 10.2. The summed E-state index contributed by atoms with van der Waals surface area (Å²) in [7, 11) is 4.64. The number of nitrogens with zero attached hydrogens (tertiary/aromatic N) is 1. The molecule has 4 rings (SSSR count). The highest BCUT2D eigenvalue weighted by Gasteiger charge is 2.25. The van der Waals surface area contributed by atoms with Crippen LogP contribution in [0.3, 0.4) is 0 Å². The van der Waals surface area contributed by atoms with Crippen LogP contribution in [0.1, 0.15) is 10.4 Å². The number of anilines is 1. The predicted octanol–water partition coefficient (Wildman–Crippen LogP) is -0.920. The molecule has 1 atom stereocenters. The van der Waals surface area contributed by atoms with Crippen LogP contribution in [0.5, 0.6) is 28.7 Å². The van der Waals surface area contributed by atoms with E-state index in [0.29, 0.717) is 40.9 Å². The second-order valence-electron chi connectivity index (χ2n) is 8.99. The number of halogens is 1. The normalized spacial score (nSPS) is 14.1. The van der Waals surface area contributed by atoms with Gasteiger partial charge in [-0.2, -0.15) is 0 Å². The Morgan fingerprint density at radius 2 is 1.51 bits per heavy atom. The molecule has 0 saturated carbocycles. The van der Waals surface area contributed by atoms with Crippen molar-refractivity contribution in [1.29, 1.82) is 0 Å². The molecule has 0 amide bonds. The van der Waals surface area contributed by atoms with E-state index in [1.807, 2.05) is 42.5 Å². The highest BCUT2D eigenvalue weighted by Crippen LogP contribution is 2.40. The highest BCUT2D eigenvalue weighted by molar-refractivity contribution is 5.91. The Labute approximate surface area is 235 Å². The number of aliphatic hydroxyl groups is 1. The minimum absolute atomic E-state index is 0. The Balaban J connectivity index is 0.00000420. The fourth-order valence-electron chi connectivity index (χ4n) is 4.53. The minimum Gasteiger partial charge on any atom is -1.00 e. The van der Waals surface area contributed by atoms with E-state index in [0.717, 1.165) is 31.9 Å². The molecule has 0 spiro atoms. The summed E-state index contributed by atoms with van der Waals surface area (Å²) in [4.78, 5) is 16.1. The Morgan fingerprint density at radius 3 is 2.13 bits per heavy atom. The molecule has 9 nitrogen and oxygen atoms in total. The van der Waals surface area contributed by atoms with Gasteiger partial charge in [0.2, 0.25) is 5.75 Å². The number of piperazine rings is 1. The lowest BCUT2D eigenvalue weighted by Gasteiger charge is -2.35. The number of carbonyl (C=O) groups is 1. The molecule has 1 aliphatic heterocycles. The van der Waals surface area contributed by atoms with Crippen molar-refractivity contribution in [3.8, 4) is 28.7 Å². The zero-order valence-corrected chi connectivity index (χ0v) is 23.1. The first kappa shape index (κ1) is 29.9. The van der Waals surface area contributed by atoms with E-state index >= 15 is 0 Å². The quantitative estimate of drug-likeness (QED) is 0.231. The third-order valence-corrected chi connectivity index (χ3v) is 6.49. The molecular weight excluding hydrogens is 524 g/mol. The molecule has 39 heavy (non-hydrogen) atoms. The number of hydrogen-bond acceptors (Lipinski definition) is 8. The van der Waals surface area contributed by atoms with E-state index in [1.54, 1.807) is 45.6 Å². The first-order valence-electron chi connectivity index (χ1n) is 12.6. The Bertz CT molecular complexity index is 1180.